The van der Waals surface area contributed by atoms with Crippen molar-refractivity contribution >= 4 is 17.6 Å². The first-order valence-corrected chi connectivity index (χ1v) is 8.24. The number of carboxylic acid groups (broad SMARTS) is 1. The summed E-state index contributed by atoms with van der Waals surface area (Å²) in [7, 11) is 0. The Morgan fingerprint density at radius 3 is 2.50 bits per heavy atom. The average molecular weight is 325 g/mol. The van der Waals surface area contributed by atoms with Crippen molar-refractivity contribution in [3.8, 4) is 0 Å². The fraction of sp³-hybridized carbons (Fsp3) is 0.300. The molecule has 0 spiro atoms. The van der Waals surface area contributed by atoms with E-state index in [4.69, 9.17) is 5.11 Å². The molecule has 24 heavy (non-hydrogen) atoms. The SMILES string of the molecule is CCC(CC(=O)Nc1cccc(CCC(=O)O)c1)c1ccccc1. The van der Waals surface area contributed by atoms with E-state index in [1.54, 1.807) is 0 Å². The first kappa shape index (κ1) is 17.7. The van der Waals surface area contributed by atoms with Gasteiger partial charge in [0.05, 0.1) is 0 Å². The Hall–Kier alpha value is -2.62. The van der Waals surface area contributed by atoms with Gasteiger partial charge in [-0.15, -0.1) is 0 Å². The molecule has 0 saturated carbocycles. The minimum atomic E-state index is -0.821. The number of carbonyl (C=O) groups excluding carboxylic acids is 1. The van der Waals surface area contributed by atoms with Crippen LogP contribution in [0.4, 0.5) is 5.69 Å². The highest BCUT2D eigenvalue weighted by atomic mass is 16.4. The molecule has 0 bridgehead atoms. The molecule has 2 aromatic carbocycles. The van der Waals surface area contributed by atoms with Crippen molar-refractivity contribution in [2.45, 2.75) is 38.5 Å². The largest absolute Gasteiger partial charge is 0.481 e. The molecule has 0 aliphatic carbocycles. The standard InChI is InChI=1S/C20H23NO3/c1-2-16(17-8-4-3-5-9-17)14-19(22)21-18-10-6-7-15(13-18)11-12-20(23)24/h3-10,13,16H,2,11-12,14H2,1H3,(H,21,22)(H,23,24). The predicted octanol–water partition coefficient (Wildman–Crippen LogP) is 4.23. The summed E-state index contributed by atoms with van der Waals surface area (Å²) >= 11 is 0. The third-order valence-electron chi connectivity index (χ3n) is 4.03. The summed E-state index contributed by atoms with van der Waals surface area (Å²) < 4.78 is 0. The number of hydrogen-bond donors (Lipinski definition) is 2. The van der Waals surface area contributed by atoms with E-state index in [9.17, 15) is 9.59 Å². The monoisotopic (exact) mass is 325 g/mol. The predicted molar refractivity (Wildman–Crippen MR) is 95.1 cm³/mol. The smallest absolute Gasteiger partial charge is 0.303 e. The van der Waals surface area contributed by atoms with Gasteiger partial charge in [0, 0.05) is 18.5 Å². The van der Waals surface area contributed by atoms with Crippen molar-refractivity contribution in [3.05, 3.63) is 65.7 Å². The lowest BCUT2D eigenvalue weighted by atomic mass is 9.93. The van der Waals surface area contributed by atoms with Gasteiger partial charge in [0.2, 0.25) is 5.91 Å². The van der Waals surface area contributed by atoms with Gasteiger partial charge in [0.25, 0.3) is 0 Å². The lowest BCUT2D eigenvalue weighted by molar-refractivity contribution is -0.137. The molecule has 0 radical (unpaired) electrons. The first-order chi connectivity index (χ1) is 11.6. The molecule has 0 aromatic heterocycles. The van der Waals surface area contributed by atoms with Crippen LogP contribution in [0.5, 0.6) is 0 Å². The summed E-state index contributed by atoms with van der Waals surface area (Å²) in [6.45, 7) is 2.08. The molecule has 2 N–H and O–H groups in total. The molecule has 4 heteroatoms. The van der Waals surface area contributed by atoms with Crippen LogP contribution in [-0.2, 0) is 16.0 Å². The number of anilines is 1. The maximum Gasteiger partial charge on any atom is 0.303 e. The molecule has 0 aliphatic rings. The van der Waals surface area contributed by atoms with Crippen molar-refractivity contribution in [1.82, 2.24) is 0 Å². The number of carboxylic acids is 1. The Morgan fingerprint density at radius 1 is 1.08 bits per heavy atom. The highest BCUT2D eigenvalue weighted by Crippen LogP contribution is 2.23. The van der Waals surface area contributed by atoms with Gasteiger partial charge < -0.3 is 10.4 Å². The summed E-state index contributed by atoms with van der Waals surface area (Å²) in [5, 5.41) is 11.7. The Balaban J connectivity index is 1.96. The van der Waals surface area contributed by atoms with Crippen LogP contribution < -0.4 is 5.32 Å². The maximum atomic E-state index is 12.3. The number of aryl methyl sites for hydroxylation is 1. The second kappa shape index (κ2) is 8.87. The first-order valence-electron chi connectivity index (χ1n) is 8.24. The second-order valence-electron chi connectivity index (χ2n) is 5.86. The average Bonchev–Trinajstić information content (AvgIpc) is 2.59. The molecular weight excluding hydrogens is 302 g/mol. The lowest BCUT2D eigenvalue weighted by Gasteiger charge is -2.15. The van der Waals surface area contributed by atoms with Crippen molar-refractivity contribution < 1.29 is 14.7 Å². The molecule has 1 amide bonds. The van der Waals surface area contributed by atoms with Gasteiger partial charge in [0.1, 0.15) is 0 Å². The van der Waals surface area contributed by atoms with Gasteiger partial charge >= 0.3 is 5.97 Å². The topological polar surface area (TPSA) is 66.4 Å². The van der Waals surface area contributed by atoms with E-state index in [0.717, 1.165) is 12.0 Å². The zero-order valence-electron chi connectivity index (χ0n) is 13.9. The number of benzene rings is 2. The van der Waals surface area contributed by atoms with Crippen molar-refractivity contribution in [1.29, 1.82) is 0 Å². The molecule has 2 rings (SSSR count). The zero-order chi connectivity index (χ0) is 17.4. The van der Waals surface area contributed by atoms with Crippen LogP contribution >= 0.6 is 0 Å². The molecule has 4 nitrogen and oxygen atoms in total. The Labute approximate surface area is 142 Å². The fourth-order valence-electron chi connectivity index (χ4n) is 2.71. The van der Waals surface area contributed by atoms with Crippen molar-refractivity contribution in [3.63, 3.8) is 0 Å². The zero-order valence-corrected chi connectivity index (χ0v) is 13.9. The Kier molecular flexibility index (Phi) is 6.55. The minimum absolute atomic E-state index is 0.0268. The maximum absolute atomic E-state index is 12.3. The minimum Gasteiger partial charge on any atom is -0.481 e. The van der Waals surface area contributed by atoms with Gasteiger partial charge in [-0.2, -0.15) is 0 Å². The van der Waals surface area contributed by atoms with Crippen LogP contribution in [0.3, 0.4) is 0 Å². The molecule has 0 saturated heterocycles. The second-order valence-corrected chi connectivity index (χ2v) is 5.86. The number of amides is 1. The lowest BCUT2D eigenvalue weighted by Crippen LogP contribution is -2.15. The number of aliphatic carboxylic acids is 1. The number of hydrogen-bond acceptors (Lipinski definition) is 2. The van der Waals surface area contributed by atoms with Crippen LogP contribution in [0.1, 0.15) is 43.2 Å². The third kappa shape index (κ3) is 5.54. The van der Waals surface area contributed by atoms with Gasteiger partial charge in [-0.3, -0.25) is 9.59 Å². The quantitative estimate of drug-likeness (QED) is 0.763. The number of rotatable bonds is 8. The van der Waals surface area contributed by atoms with Gasteiger partial charge in [-0.1, -0.05) is 49.4 Å². The van der Waals surface area contributed by atoms with Gasteiger partial charge in [0.15, 0.2) is 0 Å². The Morgan fingerprint density at radius 2 is 1.83 bits per heavy atom. The molecule has 0 aliphatic heterocycles. The summed E-state index contributed by atoms with van der Waals surface area (Å²) in [6, 6.07) is 17.4. The normalized spacial score (nSPS) is 11.7. The summed E-state index contributed by atoms with van der Waals surface area (Å²) in [4.78, 5) is 23.0. The molecule has 2 aromatic rings. The third-order valence-corrected chi connectivity index (χ3v) is 4.03. The van der Waals surface area contributed by atoms with Crippen molar-refractivity contribution in [2.75, 3.05) is 5.32 Å². The molecule has 0 heterocycles. The van der Waals surface area contributed by atoms with E-state index in [1.807, 2.05) is 54.6 Å². The van der Waals surface area contributed by atoms with Crippen LogP contribution in [0.15, 0.2) is 54.6 Å². The van der Waals surface area contributed by atoms with Gasteiger partial charge in [-0.25, -0.2) is 0 Å². The van der Waals surface area contributed by atoms with Crippen molar-refractivity contribution in [2.24, 2.45) is 0 Å². The van der Waals surface area contributed by atoms with E-state index < -0.39 is 5.97 Å². The van der Waals surface area contributed by atoms with E-state index in [2.05, 4.69) is 12.2 Å². The van der Waals surface area contributed by atoms with E-state index in [1.165, 1.54) is 5.56 Å². The highest BCUT2D eigenvalue weighted by molar-refractivity contribution is 5.91. The number of carbonyl (C=O) groups is 2. The Bertz CT molecular complexity index is 682. The molecule has 1 atom stereocenters. The van der Waals surface area contributed by atoms with E-state index >= 15 is 0 Å². The fourth-order valence-corrected chi connectivity index (χ4v) is 2.71. The summed E-state index contributed by atoms with van der Waals surface area (Å²) in [5.41, 5.74) is 2.79. The molecule has 126 valence electrons. The van der Waals surface area contributed by atoms with Crippen LogP contribution in [0.25, 0.3) is 0 Å². The van der Waals surface area contributed by atoms with Gasteiger partial charge in [-0.05, 0) is 42.0 Å². The highest BCUT2D eigenvalue weighted by Gasteiger charge is 2.14. The molecular formula is C20H23NO3. The van der Waals surface area contributed by atoms with Crippen LogP contribution in [0, 0.1) is 0 Å². The molecule has 0 fully saturated rings. The van der Waals surface area contributed by atoms with Crippen LogP contribution in [0.2, 0.25) is 0 Å². The molecule has 1 unspecified atom stereocenters. The van der Waals surface area contributed by atoms with Crippen LogP contribution in [-0.4, -0.2) is 17.0 Å². The summed E-state index contributed by atoms with van der Waals surface area (Å²) in [5.74, 6) is -0.652. The number of nitrogens with one attached hydrogen (secondary N) is 1. The van der Waals surface area contributed by atoms with E-state index in [-0.39, 0.29) is 18.2 Å². The summed E-state index contributed by atoms with van der Waals surface area (Å²) in [6.07, 6.45) is 1.87. The van der Waals surface area contributed by atoms with E-state index in [0.29, 0.717) is 18.5 Å².